The van der Waals surface area contributed by atoms with Crippen LogP contribution in [-0.2, 0) is 18.3 Å². The van der Waals surface area contributed by atoms with Crippen molar-refractivity contribution in [1.82, 2.24) is 19.4 Å². The van der Waals surface area contributed by atoms with Crippen molar-refractivity contribution in [2.24, 2.45) is 7.05 Å². The van der Waals surface area contributed by atoms with Crippen LogP contribution in [0.15, 0.2) is 42.9 Å². The molecule has 1 aromatic carbocycles. The van der Waals surface area contributed by atoms with Crippen LogP contribution < -0.4 is 9.80 Å². The Balaban J connectivity index is 1.22. The second kappa shape index (κ2) is 8.57. The van der Waals surface area contributed by atoms with Gasteiger partial charge in [0, 0.05) is 69.5 Å². The van der Waals surface area contributed by atoms with Gasteiger partial charge in [-0.2, -0.15) is 0 Å². The molecule has 0 spiro atoms. The van der Waals surface area contributed by atoms with Gasteiger partial charge in [0.2, 0.25) is 5.91 Å². The number of anilines is 2. The summed E-state index contributed by atoms with van der Waals surface area (Å²) < 4.78 is 2.10. The van der Waals surface area contributed by atoms with E-state index in [1.54, 1.807) is 6.33 Å². The predicted molar refractivity (Wildman–Crippen MR) is 124 cm³/mol. The molecule has 4 heterocycles. The number of benzene rings is 1. The van der Waals surface area contributed by atoms with Crippen LogP contribution >= 0.6 is 0 Å². The largest absolute Gasteiger partial charge is 0.356 e. The molecule has 0 aliphatic carbocycles. The highest BCUT2D eigenvalue weighted by atomic mass is 16.2. The number of hydrogen-bond acceptors (Lipinski definition) is 5. The lowest BCUT2D eigenvalue weighted by Gasteiger charge is -2.36. The van der Waals surface area contributed by atoms with Gasteiger partial charge in [-0.3, -0.25) is 4.79 Å². The Kier molecular flexibility index (Phi) is 5.49. The van der Waals surface area contributed by atoms with Gasteiger partial charge in [-0.05, 0) is 30.9 Å². The number of aryl methyl sites for hydroxylation is 1. The minimum absolute atomic E-state index is 0.202. The second-order valence-electron chi connectivity index (χ2n) is 8.61. The normalized spacial score (nSPS) is 17.4. The van der Waals surface area contributed by atoms with E-state index in [1.807, 2.05) is 24.1 Å². The SMILES string of the molecule is Cn1cc(CC(=O)N2CCN(c3cc(N4CCCCC4)ncn3)CC2)c2ccccc21. The maximum Gasteiger partial charge on any atom is 0.227 e. The van der Waals surface area contributed by atoms with Crippen LogP contribution in [0.5, 0.6) is 0 Å². The number of rotatable bonds is 4. The number of piperidine rings is 1. The minimum Gasteiger partial charge on any atom is -0.356 e. The quantitative estimate of drug-likeness (QED) is 0.652. The third-order valence-corrected chi connectivity index (χ3v) is 6.60. The Morgan fingerprint density at radius 1 is 0.903 bits per heavy atom. The van der Waals surface area contributed by atoms with Crippen molar-refractivity contribution in [2.75, 3.05) is 49.1 Å². The van der Waals surface area contributed by atoms with Crippen LogP contribution in [0.3, 0.4) is 0 Å². The van der Waals surface area contributed by atoms with E-state index < -0.39 is 0 Å². The molecule has 0 radical (unpaired) electrons. The summed E-state index contributed by atoms with van der Waals surface area (Å²) in [6, 6.07) is 10.4. The average molecular weight is 419 g/mol. The number of carbonyl (C=O) groups excluding carboxylic acids is 1. The molecule has 1 amide bonds. The van der Waals surface area contributed by atoms with E-state index in [4.69, 9.17) is 0 Å². The Labute approximate surface area is 183 Å². The minimum atomic E-state index is 0.202. The predicted octanol–water partition coefficient (Wildman–Crippen LogP) is 2.85. The smallest absolute Gasteiger partial charge is 0.227 e. The van der Waals surface area contributed by atoms with E-state index in [0.717, 1.165) is 56.5 Å². The fourth-order valence-corrected chi connectivity index (χ4v) is 4.83. The lowest BCUT2D eigenvalue weighted by molar-refractivity contribution is -0.130. The summed E-state index contributed by atoms with van der Waals surface area (Å²) >= 11 is 0. The first-order valence-electron chi connectivity index (χ1n) is 11.3. The van der Waals surface area contributed by atoms with Crippen molar-refractivity contribution in [2.45, 2.75) is 25.7 Å². The Morgan fingerprint density at radius 2 is 1.58 bits per heavy atom. The van der Waals surface area contributed by atoms with E-state index in [9.17, 15) is 4.79 Å². The molecule has 3 aromatic rings. The maximum atomic E-state index is 13.0. The van der Waals surface area contributed by atoms with Crippen LogP contribution in [0.25, 0.3) is 10.9 Å². The molecule has 0 atom stereocenters. The third-order valence-electron chi connectivity index (χ3n) is 6.60. The summed E-state index contributed by atoms with van der Waals surface area (Å²) in [5.41, 5.74) is 2.27. The first-order valence-corrected chi connectivity index (χ1v) is 11.3. The molecule has 5 rings (SSSR count). The fraction of sp³-hybridized carbons (Fsp3) is 0.458. The summed E-state index contributed by atoms with van der Waals surface area (Å²) in [7, 11) is 2.04. The van der Waals surface area contributed by atoms with Gasteiger partial charge in [0.25, 0.3) is 0 Å². The van der Waals surface area contributed by atoms with E-state index in [1.165, 1.54) is 30.2 Å². The molecule has 0 bridgehead atoms. The molecule has 2 aliphatic rings. The molecule has 7 nitrogen and oxygen atoms in total. The molecule has 2 saturated heterocycles. The molecule has 2 aromatic heterocycles. The Morgan fingerprint density at radius 3 is 2.32 bits per heavy atom. The van der Waals surface area contributed by atoms with E-state index in [0.29, 0.717) is 6.42 Å². The van der Waals surface area contributed by atoms with Gasteiger partial charge in [-0.25, -0.2) is 9.97 Å². The Hall–Kier alpha value is -3.09. The molecule has 31 heavy (non-hydrogen) atoms. The number of hydrogen-bond donors (Lipinski definition) is 0. The van der Waals surface area contributed by atoms with Crippen LogP contribution in [0.2, 0.25) is 0 Å². The highest BCUT2D eigenvalue weighted by Gasteiger charge is 2.24. The zero-order chi connectivity index (χ0) is 21.2. The zero-order valence-electron chi connectivity index (χ0n) is 18.2. The van der Waals surface area contributed by atoms with Gasteiger partial charge in [0.15, 0.2) is 0 Å². The van der Waals surface area contributed by atoms with Crippen molar-refractivity contribution < 1.29 is 4.79 Å². The van der Waals surface area contributed by atoms with Crippen molar-refractivity contribution >= 4 is 28.4 Å². The number of para-hydroxylation sites is 1. The third kappa shape index (κ3) is 4.09. The number of amides is 1. The molecule has 0 N–H and O–H groups in total. The van der Waals surface area contributed by atoms with Crippen molar-refractivity contribution in [3.8, 4) is 0 Å². The van der Waals surface area contributed by atoms with Gasteiger partial charge >= 0.3 is 0 Å². The summed E-state index contributed by atoms with van der Waals surface area (Å²) in [5.74, 6) is 2.20. The lowest BCUT2D eigenvalue weighted by Crippen LogP contribution is -2.49. The molecule has 0 unspecified atom stereocenters. The molecular weight excluding hydrogens is 388 g/mol. The number of nitrogens with zero attached hydrogens (tertiary/aromatic N) is 6. The molecule has 2 fully saturated rings. The summed E-state index contributed by atoms with van der Waals surface area (Å²) in [5, 5.41) is 1.17. The van der Waals surface area contributed by atoms with E-state index in [2.05, 4.69) is 48.7 Å². The lowest BCUT2D eigenvalue weighted by atomic mass is 10.1. The van der Waals surface area contributed by atoms with Gasteiger partial charge in [0.1, 0.15) is 18.0 Å². The van der Waals surface area contributed by atoms with Crippen molar-refractivity contribution in [3.63, 3.8) is 0 Å². The number of piperazine rings is 1. The molecule has 162 valence electrons. The molecule has 0 saturated carbocycles. The molecule has 7 heteroatoms. The first kappa shape index (κ1) is 19.8. The van der Waals surface area contributed by atoms with Gasteiger partial charge in [-0.1, -0.05) is 18.2 Å². The van der Waals surface area contributed by atoms with Crippen LogP contribution in [0.4, 0.5) is 11.6 Å². The van der Waals surface area contributed by atoms with Gasteiger partial charge in [-0.15, -0.1) is 0 Å². The maximum absolute atomic E-state index is 13.0. The monoisotopic (exact) mass is 418 g/mol. The van der Waals surface area contributed by atoms with Gasteiger partial charge in [0.05, 0.1) is 6.42 Å². The number of carbonyl (C=O) groups is 1. The topological polar surface area (TPSA) is 57.5 Å². The highest BCUT2D eigenvalue weighted by molar-refractivity contribution is 5.89. The molecular formula is C24H30N6O. The van der Waals surface area contributed by atoms with E-state index >= 15 is 0 Å². The van der Waals surface area contributed by atoms with Crippen LogP contribution in [0, 0.1) is 0 Å². The highest BCUT2D eigenvalue weighted by Crippen LogP contribution is 2.23. The van der Waals surface area contributed by atoms with Crippen molar-refractivity contribution in [1.29, 1.82) is 0 Å². The number of aromatic nitrogens is 3. The second-order valence-corrected chi connectivity index (χ2v) is 8.61. The summed E-state index contributed by atoms with van der Waals surface area (Å²) in [6.45, 7) is 5.22. The van der Waals surface area contributed by atoms with E-state index in [-0.39, 0.29) is 5.91 Å². The standard InChI is InChI=1S/C24H30N6O/c1-27-17-19(20-7-3-4-8-21(20)27)15-24(31)30-13-11-29(12-14-30)23-16-22(25-18-26-23)28-9-5-2-6-10-28/h3-4,7-8,16-18H,2,5-6,9-15H2,1H3. The van der Waals surface area contributed by atoms with Crippen molar-refractivity contribution in [3.05, 3.63) is 48.4 Å². The first-order chi connectivity index (χ1) is 15.2. The summed E-state index contributed by atoms with van der Waals surface area (Å²) in [6.07, 6.45) is 7.99. The van der Waals surface area contributed by atoms with Crippen LogP contribution in [0.1, 0.15) is 24.8 Å². The van der Waals surface area contributed by atoms with Crippen LogP contribution in [-0.4, -0.2) is 64.6 Å². The van der Waals surface area contributed by atoms with Gasteiger partial charge < -0.3 is 19.3 Å². The number of fused-ring (bicyclic) bond motifs is 1. The Bertz CT molecular complexity index is 1060. The zero-order valence-corrected chi connectivity index (χ0v) is 18.2. The molecule has 2 aliphatic heterocycles. The fourth-order valence-electron chi connectivity index (χ4n) is 4.83. The summed E-state index contributed by atoms with van der Waals surface area (Å²) in [4.78, 5) is 28.6. The average Bonchev–Trinajstić information content (AvgIpc) is 3.15.